The van der Waals surface area contributed by atoms with Gasteiger partial charge in [-0.15, -0.1) is 0 Å². The van der Waals surface area contributed by atoms with Crippen molar-refractivity contribution in [1.29, 1.82) is 0 Å². The van der Waals surface area contributed by atoms with E-state index < -0.39 is 8.07 Å². The summed E-state index contributed by atoms with van der Waals surface area (Å²) >= 11 is 0. The lowest BCUT2D eigenvalue weighted by Gasteiger charge is -2.35. The van der Waals surface area contributed by atoms with Crippen LogP contribution in [0.1, 0.15) is 0 Å². The average Bonchev–Trinajstić information content (AvgIpc) is 3.82. The van der Waals surface area contributed by atoms with Gasteiger partial charge in [0, 0.05) is 33.5 Å². The summed E-state index contributed by atoms with van der Waals surface area (Å²) in [6, 6.07) is 112. The lowest BCUT2D eigenvalue weighted by atomic mass is 9.95. The Morgan fingerprint density at radius 3 is 1.32 bits per heavy atom. The van der Waals surface area contributed by atoms with Gasteiger partial charge in [0.15, 0.2) is 8.07 Å². The Hall–Kier alpha value is -9.28. The third-order valence-electron chi connectivity index (χ3n) is 14.8. The van der Waals surface area contributed by atoms with E-state index in [1.54, 1.807) is 0 Å². The Labute approximate surface area is 428 Å². The predicted molar refractivity (Wildman–Crippen MR) is 313 cm³/mol. The second-order valence-corrected chi connectivity index (χ2v) is 22.6. The molecule has 1 aromatic heterocycles. The van der Waals surface area contributed by atoms with E-state index in [0.717, 1.165) is 22.7 Å². The molecule has 0 unspecified atom stereocenters. The first-order chi connectivity index (χ1) is 36.2. The molecule has 344 valence electrons. The monoisotopic (exact) mass is 946 g/mol. The Balaban J connectivity index is 0.942. The minimum atomic E-state index is -2.73. The molecule has 3 heteroatoms. The van der Waals surface area contributed by atoms with Crippen LogP contribution >= 0.6 is 0 Å². The fraction of sp³-hybridized carbons (Fsp3) is 0. The summed E-state index contributed by atoms with van der Waals surface area (Å²) in [6.45, 7) is 0. The molecule has 13 rings (SSSR count). The molecule has 0 atom stereocenters. The van der Waals surface area contributed by atoms with Crippen LogP contribution in [0.15, 0.2) is 303 Å². The van der Waals surface area contributed by atoms with Crippen molar-refractivity contribution in [3.63, 3.8) is 0 Å². The smallest absolute Gasteiger partial charge is 0.179 e. The van der Waals surface area contributed by atoms with Crippen LogP contribution in [-0.2, 0) is 0 Å². The van der Waals surface area contributed by atoms with Gasteiger partial charge < -0.3 is 9.47 Å². The first-order valence-electron chi connectivity index (χ1n) is 25.2. The molecule has 0 saturated heterocycles. The maximum atomic E-state index is 2.41. The van der Waals surface area contributed by atoms with Gasteiger partial charge in [0.05, 0.1) is 11.0 Å². The molecule has 0 N–H and O–H groups in total. The van der Waals surface area contributed by atoms with Gasteiger partial charge >= 0.3 is 0 Å². The van der Waals surface area contributed by atoms with Crippen molar-refractivity contribution >= 4 is 78.5 Å². The number of hydrogen-bond acceptors (Lipinski definition) is 1. The van der Waals surface area contributed by atoms with Crippen LogP contribution in [0.2, 0.25) is 0 Å². The fourth-order valence-corrected chi connectivity index (χ4v) is 16.1. The molecule has 1 heterocycles. The molecule has 73 heavy (non-hydrogen) atoms. The van der Waals surface area contributed by atoms with Gasteiger partial charge in [-0.3, -0.25) is 0 Å². The second kappa shape index (κ2) is 18.8. The van der Waals surface area contributed by atoms with Crippen LogP contribution in [0.3, 0.4) is 0 Å². The highest BCUT2D eigenvalue weighted by Crippen LogP contribution is 2.41. The van der Waals surface area contributed by atoms with E-state index in [1.807, 2.05) is 0 Å². The van der Waals surface area contributed by atoms with Crippen LogP contribution in [0.5, 0.6) is 0 Å². The van der Waals surface area contributed by atoms with Crippen molar-refractivity contribution in [2.75, 3.05) is 4.90 Å². The van der Waals surface area contributed by atoms with Crippen molar-refractivity contribution in [3.8, 4) is 39.1 Å². The first kappa shape index (κ1) is 43.7. The maximum absolute atomic E-state index is 2.73. The number of benzene rings is 12. The number of anilines is 3. The first-order valence-corrected chi connectivity index (χ1v) is 27.2. The summed E-state index contributed by atoms with van der Waals surface area (Å²) in [5, 5.41) is 10.4. The molecule has 0 aliphatic carbocycles. The zero-order chi connectivity index (χ0) is 48.6. The van der Waals surface area contributed by atoms with Crippen molar-refractivity contribution in [1.82, 2.24) is 4.57 Å². The number of para-hydroxylation sites is 2. The molecule has 0 aliphatic heterocycles. The highest BCUT2D eigenvalue weighted by Gasteiger charge is 2.41. The van der Waals surface area contributed by atoms with E-state index in [4.69, 9.17) is 0 Å². The van der Waals surface area contributed by atoms with E-state index in [0.29, 0.717) is 0 Å². The molecular formula is C70H50N2Si. The minimum Gasteiger partial charge on any atom is -0.311 e. The molecular weight excluding hydrogens is 897 g/mol. The minimum absolute atomic E-state index is 1.08. The number of fused-ring (bicyclic) bond motifs is 4. The Bertz CT molecular complexity index is 3930. The van der Waals surface area contributed by atoms with Gasteiger partial charge in [-0.1, -0.05) is 237 Å². The van der Waals surface area contributed by atoms with Crippen LogP contribution in [0.25, 0.3) is 71.6 Å². The van der Waals surface area contributed by atoms with Gasteiger partial charge in [0.2, 0.25) is 0 Å². The Kier molecular flexibility index (Phi) is 11.3. The Morgan fingerprint density at radius 2 is 0.712 bits per heavy atom. The van der Waals surface area contributed by atoms with Gasteiger partial charge in [0.1, 0.15) is 0 Å². The molecule has 0 amide bonds. The standard InChI is InChI=1S/C70H50N2Si/c1-6-20-52(21-7-1)64-32-18-22-53-36-37-55(50-67(53)64)51-38-42-57(43-39-51)71(59-46-48-63(49-47-59)73(60-25-10-3-11-26-60,61-27-12-4-13-28-61)62-29-14-5-15-30-62)58-44-40-54(41-45-58)65-33-19-35-69-70(65)66-31-16-17-34-68(66)72(69)56-23-8-2-9-24-56/h1-50H. The fourth-order valence-electron chi connectivity index (χ4n) is 11.4. The van der Waals surface area contributed by atoms with Crippen molar-refractivity contribution in [2.24, 2.45) is 0 Å². The van der Waals surface area contributed by atoms with Crippen molar-refractivity contribution in [3.05, 3.63) is 303 Å². The quantitative estimate of drug-likeness (QED) is 0.0926. The SMILES string of the molecule is c1ccc(-c2cccc3ccc(-c4ccc(N(c5ccc(-c6cccc7c6c6ccccc6n7-c6ccccc6)cc5)c5ccc([Si](c6ccccc6)(c6ccccc6)c6ccccc6)cc5)cc4)cc23)cc1. The second-order valence-electron chi connectivity index (χ2n) is 18.8. The van der Waals surface area contributed by atoms with Gasteiger partial charge in [-0.05, 0) is 132 Å². The molecule has 13 aromatic rings. The van der Waals surface area contributed by atoms with E-state index in [1.165, 1.54) is 86.7 Å². The highest BCUT2D eigenvalue weighted by molar-refractivity contribution is 7.19. The van der Waals surface area contributed by atoms with E-state index >= 15 is 0 Å². The molecule has 2 nitrogen and oxygen atoms in total. The molecule has 0 radical (unpaired) electrons. The van der Waals surface area contributed by atoms with Crippen molar-refractivity contribution < 1.29 is 0 Å². The molecule has 0 spiro atoms. The third-order valence-corrected chi connectivity index (χ3v) is 19.6. The zero-order valence-corrected chi connectivity index (χ0v) is 41.3. The topological polar surface area (TPSA) is 8.17 Å². The number of hydrogen-bond donors (Lipinski definition) is 0. The number of aromatic nitrogens is 1. The van der Waals surface area contributed by atoms with Crippen LogP contribution < -0.4 is 25.6 Å². The van der Waals surface area contributed by atoms with Gasteiger partial charge in [0.25, 0.3) is 0 Å². The number of nitrogens with zero attached hydrogens (tertiary/aromatic N) is 2. The van der Waals surface area contributed by atoms with E-state index in [2.05, 4.69) is 313 Å². The van der Waals surface area contributed by atoms with Gasteiger partial charge in [-0.2, -0.15) is 0 Å². The van der Waals surface area contributed by atoms with Crippen LogP contribution in [0, 0.1) is 0 Å². The maximum Gasteiger partial charge on any atom is 0.179 e. The summed E-state index contributed by atoms with van der Waals surface area (Å²) in [5.41, 5.74) is 14.0. The largest absolute Gasteiger partial charge is 0.311 e. The summed E-state index contributed by atoms with van der Waals surface area (Å²) in [6.07, 6.45) is 0. The normalized spacial score (nSPS) is 11.6. The molecule has 0 aliphatic rings. The summed E-state index contributed by atoms with van der Waals surface area (Å²) in [5.74, 6) is 0. The molecule has 0 bridgehead atoms. The van der Waals surface area contributed by atoms with E-state index in [-0.39, 0.29) is 0 Å². The molecule has 12 aromatic carbocycles. The lowest BCUT2D eigenvalue weighted by Crippen LogP contribution is -2.74. The highest BCUT2D eigenvalue weighted by atomic mass is 28.3. The third kappa shape index (κ3) is 7.75. The lowest BCUT2D eigenvalue weighted by molar-refractivity contribution is 1.18. The Morgan fingerprint density at radius 1 is 0.274 bits per heavy atom. The average molecular weight is 947 g/mol. The molecule has 0 saturated carbocycles. The van der Waals surface area contributed by atoms with E-state index in [9.17, 15) is 0 Å². The zero-order valence-electron chi connectivity index (χ0n) is 40.3. The summed E-state index contributed by atoms with van der Waals surface area (Å²) in [7, 11) is -2.73. The van der Waals surface area contributed by atoms with Crippen LogP contribution in [0.4, 0.5) is 17.1 Å². The molecule has 0 fully saturated rings. The van der Waals surface area contributed by atoms with Crippen LogP contribution in [-0.4, -0.2) is 12.6 Å². The summed E-state index contributed by atoms with van der Waals surface area (Å²) in [4.78, 5) is 2.41. The number of rotatable bonds is 11. The predicted octanol–water partition coefficient (Wildman–Crippen LogP) is 15.8. The summed E-state index contributed by atoms with van der Waals surface area (Å²) < 4.78 is 2.39. The van der Waals surface area contributed by atoms with Gasteiger partial charge in [-0.25, -0.2) is 0 Å². The van der Waals surface area contributed by atoms with Crippen molar-refractivity contribution in [2.45, 2.75) is 0 Å².